The van der Waals surface area contributed by atoms with Crippen molar-refractivity contribution in [1.29, 1.82) is 0 Å². The molecule has 1 aliphatic rings. The van der Waals surface area contributed by atoms with Crippen LogP contribution in [-0.4, -0.2) is 30.8 Å². The number of benzene rings is 1. The van der Waals surface area contributed by atoms with E-state index < -0.39 is 5.60 Å². The number of methoxy groups -OCH3 is 1. The Kier molecular flexibility index (Phi) is 6.13. The van der Waals surface area contributed by atoms with Gasteiger partial charge in [0.2, 0.25) is 5.91 Å². The molecule has 2 rings (SSSR count). The summed E-state index contributed by atoms with van der Waals surface area (Å²) in [5.74, 6) is -0.00864. The average Bonchev–Trinajstić information content (AvgIpc) is 2.54. The predicted octanol–water partition coefficient (Wildman–Crippen LogP) is 2.74. The minimum Gasteiger partial charge on any atom is -0.384 e. The summed E-state index contributed by atoms with van der Waals surface area (Å²) < 4.78 is 18.3. The van der Waals surface area contributed by atoms with Crippen LogP contribution in [0.2, 0.25) is 0 Å². The van der Waals surface area contributed by atoms with Gasteiger partial charge in [0.1, 0.15) is 11.4 Å². The minimum atomic E-state index is -1.21. The number of halogens is 1. The van der Waals surface area contributed by atoms with Gasteiger partial charge in [-0.05, 0) is 56.2 Å². The molecule has 0 saturated heterocycles. The number of aliphatic hydroxyl groups is 1. The molecule has 1 atom stereocenters. The van der Waals surface area contributed by atoms with Crippen molar-refractivity contribution in [2.75, 3.05) is 13.7 Å². The van der Waals surface area contributed by atoms with Gasteiger partial charge in [-0.2, -0.15) is 0 Å². The number of carbonyl (C=O) groups excluding carboxylic acids is 1. The summed E-state index contributed by atoms with van der Waals surface area (Å²) in [6, 6.07) is 5.68. The molecule has 4 nitrogen and oxygen atoms in total. The van der Waals surface area contributed by atoms with Gasteiger partial charge < -0.3 is 15.2 Å². The van der Waals surface area contributed by atoms with Crippen LogP contribution in [0.15, 0.2) is 24.3 Å². The largest absolute Gasteiger partial charge is 0.384 e. The molecule has 1 fully saturated rings. The highest BCUT2D eigenvalue weighted by Crippen LogP contribution is 2.28. The number of amides is 1. The molecule has 1 aromatic carbocycles. The van der Waals surface area contributed by atoms with Crippen molar-refractivity contribution in [3.05, 3.63) is 35.6 Å². The first-order valence-corrected chi connectivity index (χ1v) is 8.18. The van der Waals surface area contributed by atoms with E-state index in [2.05, 4.69) is 5.32 Å². The van der Waals surface area contributed by atoms with Crippen LogP contribution < -0.4 is 5.32 Å². The molecule has 5 heteroatoms. The maximum Gasteiger partial charge on any atom is 0.220 e. The fourth-order valence-electron chi connectivity index (χ4n) is 3.09. The van der Waals surface area contributed by atoms with Gasteiger partial charge in [-0.1, -0.05) is 12.1 Å². The number of rotatable bonds is 6. The summed E-state index contributed by atoms with van der Waals surface area (Å²) in [4.78, 5) is 12.1. The van der Waals surface area contributed by atoms with Crippen LogP contribution in [0, 0.1) is 11.7 Å². The molecule has 128 valence electrons. The van der Waals surface area contributed by atoms with Crippen molar-refractivity contribution in [3.63, 3.8) is 0 Å². The standard InChI is InChI=1S/C18H26FNO3/c1-18(22,14-5-7-15(19)8-6-14)12-20-17(21)11-13-3-9-16(23-2)10-4-13/h5-8,13,16,22H,3-4,9-12H2,1-2H3,(H,20,21). The third-order valence-electron chi connectivity index (χ3n) is 4.70. The first-order valence-electron chi connectivity index (χ1n) is 8.18. The summed E-state index contributed by atoms with van der Waals surface area (Å²) in [6.45, 7) is 1.73. The monoisotopic (exact) mass is 323 g/mol. The molecule has 1 amide bonds. The molecule has 1 aromatic rings. The fraction of sp³-hybridized carbons (Fsp3) is 0.611. The number of hydrogen-bond acceptors (Lipinski definition) is 3. The van der Waals surface area contributed by atoms with E-state index >= 15 is 0 Å². The van der Waals surface area contributed by atoms with Gasteiger partial charge in [0, 0.05) is 13.5 Å². The molecule has 2 N–H and O–H groups in total. The highest BCUT2D eigenvalue weighted by atomic mass is 19.1. The van der Waals surface area contributed by atoms with E-state index in [1.165, 1.54) is 24.3 Å². The molecule has 1 saturated carbocycles. The highest BCUT2D eigenvalue weighted by Gasteiger charge is 2.26. The fourth-order valence-corrected chi connectivity index (χ4v) is 3.09. The topological polar surface area (TPSA) is 58.6 Å². The summed E-state index contributed by atoms with van der Waals surface area (Å²) in [7, 11) is 1.73. The van der Waals surface area contributed by atoms with Gasteiger partial charge in [0.05, 0.1) is 12.6 Å². The third kappa shape index (κ3) is 5.29. The van der Waals surface area contributed by atoms with Crippen molar-refractivity contribution in [2.24, 2.45) is 5.92 Å². The normalized spacial score (nSPS) is 24.0. The Morgan fingerprint density at radius 3 is 2.48 bits per heavy atom. The first-order chi connectivity index (χ1) is 10.9. The number of ether oxygens (including phenoxy) is 1. The van der Waals surface area contributed by atoms with Crippen LogP contribution in [0.5, 0.6) is 0 Å². The quantitative estimate of drug-likeness (QED) is 0.846. The van der Waals surface area contributed by atoms with E-state index in [1.54, 1.807) is 14.0 Å². The SMILES string of the molecule is COC1CCC(CC(=O)NCC(C)(O)c2ccc(F)cc2)CC1. The van der Waals surface area contributed by atoms with Crippen molar-refractivity contribution < 1.29 is 19.0 Å². The molecule has 0 aliphatic heterocycles. The highest BCUT2D eigenvalue weighted by molar-refractivity contribution is 5.76. The van der Waals surface area contributed by atoms with Gasteiger partial charge >= 0.3 is 0 Å². The Morgan fingerprint density at radius 2 is 1.91 bits per heavy atom. The van der Waals surface area contributed by atoms with Crippen LogP contribution in [0.1, 0.15) is 44.6 Å². The maximum absolute atomic E-state index is 12.9. The zero-order valence-corrected chi connectivity index (χ0v) is 13.8. The van der Waals surface area contributed by atoms with Crippen molar-refractivity contribution in [1.82, 2.24) is 5.32 Å². The molecule has 23 heavy (non-hydrogen) atoms. The van der Waals surface area contributed by atoms with Crippen LogP contribution in [0.25, 0.3) is 0 Å². The summed E-state index contributed by atoms with van der Waals surface area (Å²) in [6.07, 6.45) is 4.81. The molecule has 0 heterocycles. The summed E-state index contributed by atoms with van der Waals surface area (Å²) in [5, 5.41) is 13.2. The van der Waals surface area contributed by atoms with Gasteiger partial charge in [-0.15, -0.1) is 0 Å². The van der Waals surface area contributed by atoms with E-state index in [0.717, 1.165) is 25.7 Å². The second-order valence-corrected chi connectivity index (χ2v) is 6.64. The molecule has 0 bridgehead atoms. The zero-order valence-electron chi connectivity index (χ0n) is 13.8. The Morgan fingerprint density at radius 1 is 1.30 bits per heavy atom. The molecular weight excluding hydrogens is 297 g/mol. The summed E-state index contributed by atoms with van der Waals surface area (Å²) >= 11 is 0. The number of hydrogen-bond donors (Lipinski definition) is 2. The minimum absolute atomic E-state index is 0.0479. The Bertz CT molecular complexity index is 508. The lowest BCUT2D eigenvalue weighted by molar-refractivity contribution is -0.123. The van der Waals surface area contributed by atoms with Crippen molar-refractivity contribution >= 4 is 5.91 Å². The summed E-state index contributed by atoms with van der Waals surface area (Å²) in [5.41, 5.74) is -0.628. The lowest BCUT2D eigenvalue weighted by Crippen LogP contribution is -2.39. The predicted molar refractivity (Wildman–Crippen MR) is 86.4 cm³/mol. The van der Waals surface area contributed by atoms with E-state index in [-0.39, 0.29) is 18.3 Å². The van der Waals surface area contributed by atoms with E-state index in [1.807, 2.05) is 0 Å². The van der Waals surface area contributed by atoms with Gasteiger partial charge in [0.15, 0.2) is 0 Å². The van der Waals surface area contributed by atoms with Gasteiger partial charge in [-0.3, -0.25) is 4.79 Å². The first kappa shape index (κ1) is 17.9. The lowest BCUT2D eigenvalue weighted by Gasteiger charge is -2.28. The second kappa shape index (κ2) is 7.88. The average molecular weight is 323 g/mol. The van der Waals surface area contributed by atoms with Crippen molar-refractivity contribution in [2.45, 2.75) is 50.7 Å². The number of carbonyl (C=O) groups is 1. The smallest absolute Gasteiger partial charge is 0.220 e. The van der Waals surface area contributed by atoms with Gasteiger partial charge in [-0.25, -0.2) is 4.39 Å². The lowest BCUT2D eigenvalue weighted by atomic mass is 9.85. The zero-order chi connectivity index (χ0) is 16.9. The Labute approximate surface area is 137 Å². The molecule has 0 radical (unpaired) electrons. The Balaban J connectivity index is 1.78. The maximum atomic E-state index is 12.9. The molecular formula is C18H26FNO3. The molecule has 0 aromatic heterocycles. The van der Waals surface area contributed by atoms with Crippen LogP contribution in [0.3, 0.4) is 0 Å². The van der Waals surface area contributed by atoms with Crippen LogP contribution >= 0.6 is 0 Å². The van der Waals surface area contributed by atoms with Gasteiger partial charge in [0.25, 0.3) is 0 Å². The van der Waals surface area contributed by atoms with E-state index in [9.17, 15) is 14.3 Å². The molecule has 0 spiro atoms. The van der Waals surface area contributed by atoms with Crippen LogP contribution in [0.4, 0.5) is 4.39 Å². The number of nitrogens with one attached hydrogen (secondary N) is 1. The Hall–Kier alpha value is -1.46. The second-order valence-electron chi connectivity index (χ2n) is 6.64. The molecule has 1 unspecified atom stereocenters. The van der Waals surface area contributed by atoms with Crippen LogP contribution in [-0.2, 0) is 15.1 Å². The van der Waals surface area contributed by atoms with Crippen molar-refractivity contribution in [3.8, 4) is 0 Å². The third-order valence-corrected chi connectivity index (χ3v) is 4.70. The molecule has 1 aliphatic carbocycles. The van der Waals surface area contributed by atoms with E-state index in [4.69, 9.17) is 4.74 Å². The van der Waals surface area contributed by atoms with E-state index in [0.29, 0.717) is 24.0 Å².